The van der Waals surface area contributed by atoms with Crippen molar-refractivity contribution in [1.29, 1.82) is 0 Å². The van der Waals surface area contributed by atoms with Crippen LogP contribution in [-0.4, -0.2) is 30.7 Å². The molecule has 0 amide bonds. The lowest BCUT2D eigenvalue weighted by Crippen LogP contribution is -2.37. The van der Waals surface area contributed by atoms with Gasteiger partial charge in [0.1, 0.15) is 12.6 Å². The van der Waals surface area contributed by atoms with Crippen molar-refractivity contribution in [1.82, 2.24) is 5.32 Å². The van der Waals surface area contributed by atoms with Crippen molar-refractivity contribution < 1.29 is 16.0 Å². The number of hydrogen-bond donors (Lipinski definition) is 2. The van der Waals surface area contributed by atoms with Gasteiger partial charge in [-0.25, -0.2) is 0 Å². The molecule has 0 aliphatic carbocycles. The molecule has 64 valence electrons. The first-order chi connectivity index (χ1) is 5.63. The summed E-state index contributed by atoms with van der Waals surface area (Å²) in [5.74, 6) is -1.10. The summed E-state index contributed by atoms with van der Waals surface area (Å²) in [5.41, 5.74) is 0. The summed E-state index contributed by atoms with van der Waals surface area (Å²) in [6.07, 6.45) is 2.89. The maximum atomic E-state index is 10.4. The van der Waals surface area contributed by atoms with Crippen molar-refractivity contribution >= 4 is 5.97 Å². The third-order valence-corrected chi connectivity index (χ3v) is 1.01. The van der Waals surface area contributed by atoms with E-state index >= 15 is 0 Å². The highest BCUT2D eigenvalue weighted by Gasteiger charge is 2.13. The van der Waals surface area contributed by atoms with Gasteiger partial charge in [0.05, 0.1) is 7.63 Å². The minimum Gasteiger partial charge on any atom is -0.499 e. The Morgan fingerprint density at radius 3 is 3.00 bits per heavy atom. The number of nitrogens with one attached hydrogen (secondary N) is 1. The van der Waals surface area contributed by atoms with Gasteiger partial charge in [0, 0.05) is 0 Å². The van der Waals surface area contributed by atoms with Gasteiger partial charge in [-0.2, -0.15) is 0 Å². The van der Waals surface area contributed by atoms with Crippen LogP contribution in [0.2, 0.25) is 0 Å². The monoisotopic (exact) mass is 160 g/mol. The molecule has 0 aliphatic heterocycles. The van der Waals surface area contributed by atoms with Crippen LogP contribution < -0.4 is 5.32 Å². The van der Waals surface area contributed by atoms with Crippen LogP contribution in [0.3, 0.4) is 0 Å². The molecule has 0 aromatic carbocycles. The Bertz CT molecular complexity index is 172. The van der Waals surface area contributed by atoms with Gasteiger partial charge < -0.3 is 15.2 Å². The van der Waals surface area contributed by atoms with E-state index in [1.807, 2.05) is 0 Å². The lowest BCUT2D eigenvalue weighted by Gasteiger charge is -2.09. The van der Waals surface area contributed by atoms with E-state index in [1.54, 1.807) is 13.0 Å². The molecule has 1 unspecified atom stereocenters. The number of allylic oxidation sites excluding steroid dienone is 1. The normalized spacial score (nSPS) is 17.5. The van der Waals surface area contributed by atoms with E-state index in [2.05, 4.69) is 5.32 Å². The molecular formula is C7H13NO3. The second-order valence-corrected chi connectivity index (χ2v) is 1.85. The standard InChI is InChI=1S/C7H13NO3/c1-3-4-11-5-6(8-2)7(9)10/h3-4,6,8H,5H2,1-2H3,(H,9,10)/t6-/m0/s1/i5D/t5?,6-. The molecule has 4 heteroatoms. The number of likely N-dealkylation sites (N-methyl/N-ethyl adjacent to an activating group) is 1. The fraction of sp³-hybridized carbons (Fsp3) is 0.571. The number of carbonyl (C=O) groups is 1. The van der Waals surface area contributed by atoms with Crippen LogP contribution >= 0.6 is 0 Å². The van der Waals surface area contributed by atoms with Crippen LogP contribution in [0.25, 0.3) is 0 Å². The van der Waals surface area contributed by atoms with Crippen molar-refractivity contribution in [3.05, 3.63) is 12.3 Å². The van der Waals surface area contributed by atoms with Gasteiger partial charge in [0.2, 0.25) is 0 Å². The van der Waals surface area contributed by atoms with Gasteiger partial charge in [0.15, 0.2) is 0 Å². The van der Waals surface area contributed by atoms with E-state index in [9.17, 15) is 4.79 Å². The van der Waals surface area contributed by atoms with E-state index in [0.29, 0.717) is 0 Å². The van der Waals surface area contributed by atoms with Crippen LogP contribution in [0.15, 0.2) is 12.3 Å². The Morgan fingerprint density at radius 2 is 2.64 bits per heavy atom. The molecule has 0 heterocycles. The molecule has 0 spiro atoms. The molecule has 4 nitrogen and oxygen atoms in total. The van der Waals surface area contributed by atoms with Gasteiger partial charge in [-0.05, 0) is 14.0 Å². The Kier molecular flexibility index (Phi) is 4.21. The molecule has 0 aromatic heterocycles. The lowest BCUT2D eigenvalue weighted by atomic mass is 10.3. The number of ether oxygens (including phenoxy) is 1. The third kappa shape index (κ3) is 4.38. The van der Waals surface area contributed by atoms with Crippen LogP contribution in [0.1, 0.15) is 8.29 Å². The zero-order valence-electron chi connectivity index (χ0n) is 7.57. The predicted molar refractivity (Wildman–Crippen MR) is 41.2 cm³/mol. The van der Waals surface area contributed by atoms with Crippen molar-refractivity contribution in [2.45, 2.75) is 13.0 Å². The molecule has 11 heavy (non-hydrogen) atoms. The maximum absolute atomic E-state index is 10.4. The molecular weight excluding hydrogens is 146 g/mol. The van der Waals surface area contributed by atoms with E-state index < -0.39 is 18.6 Å². The highest BCUT2D eigenvalue weighted by atomic mass is 16.5. The number of carboxylic acid groups (broad SMARTS) is 1. The molecule has 0 saturated carbocycles. The number of hydrogen-bond acceptors (Lipinski definition) is 3. The summed E-state index contributed by atoms with van der Waals surface area (Å²) in [4.78, 5) is 10.4. The van der Waals surface area contributed by atoms with Crippen molar-refractivity contribution in [3.63, 3.8) is 0 Å². The zero-order valence-corrected chi connectivity index (χ0v) is 6.57. The van der Waals surface area contributed by atoms with E-state index in [4.69, 9.17) is 11.2 Å². The van der Waals surface area contributed by atoms with Gasteiger partial charge >= 0.3 is 5.97 Å². The highest BCUT2D eigenvalue weighted by Crippen LogP contribution is 1.86. The fourth-order valence-corrected chi connectivity index (χ4v) is 0.452. The van der Waals surface area contributed by atoms with E-state index in [-0.39, 0.29) is 0 Å². The van der Waals surface area contributed by atoms with E-state index in [0.717, 1.165) is 0 Å². The van der Waals surface area contributed by atoms with Gasteiger partial charge in [-0.15, -0.1) is 0 Å². The van der Waals surface area contributed by atoms with Crippen LogP contribution in [0.5, 0.6) is 0 Å². The van der Waals surface area contributed by atoms with Gasteiger partial charge in [0.25, 0.3) is 0 Å². The summed E-state index contributed by atoms with van der Waals surface area (Å²) in [7, 11) is 1.47. The molecule has 2 N–H and O–H groups in total. The largest absolute Gasteiger partial charge is 0.499 e. The second-order valence-electron chi connectivity index (χ2n) is 1.85. The smallest absolute Gasteiger partial charge is 0.324 e. The quantitative estimate of drug-likeness (QED) is 0.564. The minimum absolute atomic E-state index is 0.999. The molecule has 0 aromatic rings. The summed E-state index contributed by atoms with van der Waals surface area (Å²) in [6.45, 7) is 0.603. The zero-order chi connectivity index (χ0) is 9.56. The first kappa shape index (κ1) is 8.07. The Hall–Kier alpha value is -1.03. The molecule has 0 fully saturated rings. The predicted octanol–water partition coefficient (Wildman–Crippen LogP) is 0.209. The van der Waals surface area contributed by atoms with E-state index in [1.165, 1.54) is 13.3 Å². The van der Waals surface area contributed by atoms with Crippen molar-refractivity contribution in [2.75, 3.05) is 13.6 Å². The van der Waals surface area contributed by atoms with Crippen LogP contribution in [-0.2, 0) is 9.53 Å². The summed E-state index contributed by atoms with van der Waals surface area (Å²) < 4.78 is 12.0. The number of rotatable bonds is 5. The van der Waals surface area contributed by atoms with Gasteiger partial charge in [-0.3, -0.25) is 4.79 Å². The lowest BCUT2D eigenvalue weighted by molar-refractivity contribution is -0.140. The van der Waals surface area contributed by atoms with Crippen molar-refractivity contribution in [3.8, 4) is 0 Å². The SMILES string of the molecule is [2H]C(OC=CC)[C@H](NC)C(=O)O. The number of carboxylic acids is 1. The second kappa shape index (κ2) is 5.73. The highest BCUT2D eigenvalue weighted by molar-refractivity contribution is 5.73. The Morgan fingerprint density at radius 1 is 2.00 bits per heavy atom. The van der Waals surface area contributed by atoms with Crippen LogP contribution in [0.4, 0.5) is 0 Å². The summed E-state index contributed by atoms with van der Waals surface area (Å²) in [5, 5.41) is 11.0. The molecule has 0 radical (unpaired) electrons. The average molecular weight is 160 g/mol. The minimum atomic E-state index is -1.12. The number of aliphatic carboxylic acids is 1. The average Bonchev–Trinajstić information content (AvgIpc) is 2.01. The maximum Gasteiger partial charge on any atom is 0.324 e. The molecule has 0 bridgehead atoms. The van der Waals surface area contributed by atoms with Crippen molar-refractivity contribution in [2.24, 2.45) is 0 Å². The first-order valence-corrected chi connectivity index (χ1v) is 3.22. The fourth-order valence-electron chi connectivity index (χ4n) is 0.452. The van der Waals surface area contributed by atoms with Crippen LogP contribution in [0, 0.1) is 0 Å². The topological polar surface area (TPSA) is 58.6 Å². The third-order valence-electron chi connectivity index (χ3n) is 1.01. The molecule has 2 atom stereocenters. The first-order valence-electron chi connectivity index (χ1n) is 3.80. The Balaban J connectivity index is 4.02. The summed E-state index contributed by atoms with van der Waals surface area (Å²) in [6, 6.07) is -0.999. The molecule has 0 aliphatic rings. The molecule has 0 saturated heterocycles. The summed E-state index contributed by atoms with van der Waals surface area (Å²) >= 11 is 0. The van der Waals surface area contributed by atoms with Gasteiger partial charge in [-0.1, -0.05) is 6.08 Å². The Labute approximate surface area is 67.3 Å². The molecule has 0 rings (SSSR count).